The van der Waals surface area contributed by atoms with Crippen molar-refractivity contribution in [2.45, 2.75) is 143 Å². The van der Waals surface area contributed by atoms with E-state index in [9.17, 15) is 38.7 Å². The van der Waals surface area contributed by atoms with Gasteiger partial charge in [0.2, 0.25) is 23.6 Å². The highest BCUT2D eigenvalue weighted by atomic mass is 16.6. The lowest BCUT2D eigenvalue weighted by molar-refractivity contribution is -0.162. The molecule has 338 valence electrons. The molecule has 15 nitrogen and oxygen atoms in total. The van der Waals surface area contributed by atoms with Crippen molar-refractivity contribution < 1.29 is 48.1 Å². The third-order valence-electron chi connectivity index (χ3n) is 11.4. The number of rotatable bonds is 11. The van der Waals surface area contributed by atoms with E-state index >= 15 is 0 Å². The zero-order chi connectivity index (χ0) is 46.1. The minimum absolute atomic E-state index is 0.0225. The summed E-state index contributed by atoms with van der Waals surface area (Å²) in [5.41, 5.74) is 0.847. The number of likely N-dealkylation sites (N-methyl/N-ethyl adjacent to an activating group) is 3. The van der Waals surface area contributed by atoms with E-state index in [1.54, 1.807) is 38.1 Å². The molecule has 3 unspecified atom stereocenters. The molecule has 0 saturated heterocycles. The van der Waals surface area contributed by atoms with E-state index in [4.69, 9.17) is 15.9 Å². The van der Waals surface area contributed by atoms with Crippen molar-refractivity contribution in [2.75, 3.05) is 27.7 Å². The normalized spacial score (nSPS) is 26.2. The third kappa shape index (κ3) is 15.6. The number of aliphatic hydroxyl groups is 1. The molecular formula is C46H69N5O10. The van der Waals surface area contributed by atoms with Crippen molar-refractivity contribution in [3.05, 3.63) is 47.5 Å². The summed E-state index contributed by atoms with van der Waals surface area (Å²) in [7, 11) is 4.29. The van der Waals surface area contributed by atoms with Crippen molar-refractivity contribution in [1.82, 2.24) is 25.3 Å². The maximum Gasteiger partial charge on any atom is 0.334 e. The molecule has 1 aromatic carbocycles. The maximum atomic E-state index is 14.2. The summed E-state index contributed by atoms with van der Waals surface area (Å²) in [5, 5.41) is 16.5. The van der Waals surface area contributed by atoms with Gasteiger partial charge in [0.25, 0.3) is 5.91 Å². The van der Waals surface area contributed by atoms with Gasteiger partial charge in [0.15, 0.2) is 6.10 Å². The largest absolute Gasteiger partial charge is 0.460 e. The zero-order valence-electron chi connectivity index (χ0n) is 37.9. The molecule has 0 aliphatic carbocycles. The average molecular weight is 852 g/mol. The molecule has 9 atom stereocenters. The van der Waals surface area contributed by atoms with Gasteiger partial charge in [0.05, 0.1) is 12.6 Å². The number of aliphatic hydroxyl groups excluding tert-OH is 1. The number of esters is 2. The number of carbonyl (C=O) groups is 7. The van der Waals surface area contributed by atoms with Crippen molar-refractivity contribution in [2.24, 2.45) is 17.8 Å². The van der Waals surface area contributed by atoms with Crippen LogP contribution in [0.3, 0.4) is 0 Å². The van der Waals surface area contributed by atoms with E-state index in [0.29, 0.717) is 25.7 Å². The maximum absolute atomic E-state index is 14.2. The van der Waals surface area contributed by atoms with Gasteiger partial charge in [-0.3, -0.25) is 24.0 Å². The first kappa shape index (κ1) is 51.9. The number of cyclic esters (lactones) is 2. The van der Waals surface area contributed by atoms with Crippen LogP contribution in [0.5, 0.6) is 0 Å². The predicted octanol–water partition coefficient (Wildman–Crippen LogP) is 3.42. The number of nitrogens with one attached hydrogen (secondary N) is 2. The number of carbonyl (C=O) groups excluding carboxylic acids is 7. The highest BCUT2D eigenvalue weighted by Gasteiger charge is 2.38. The van der Waals surface area contributed by atoms with Crippen molar-refractivity contribution >= 4 is 41.5 Å². The lowest BCUT2D eigenvalue weighted by atomic mass is 9.91. The number of ether oxygens (including phenoxy) is 2. The number of benzene rings is 1. The molecule has 0 spiro atoms. The zero-order valence-corrected chi connectivity index (χ0v) is 37.9. The Morgan fingerprint density at radius 1 is 0.902 bits per heavy atom. The van der Waals surface area contributed by atoms with E-state index in [2.05, 4.69) is 16.6 Å². The Balaban J connectivity index is 2.67. The van der Waals surface area contributed by atoms with Crippen LogP contribution in [-0.2, 0) is 49.5 Å². The van der Waals surface area contributed by atoms with Gasteiger partial charge in [-0.2, -0.15) is 0 Å². The molecule has 0 saturated carbocycles. The lowest BCUT2D eigenvalue weighted by Crippen LogP contribution is -2.58. The van der Waals surface area contributed by atoms with Gasteiger partial charge in [-0.25, -0.2) is 9.59 Å². The summed E-state index contributed by atoms with van der Waals surface area (Å²) in [4.78, 5) is 100. The van der Waals surface area contributed by atoms with E-state index in [1.807, 2.05) is 26.8 Å². The second kappa shape index (κ2) is 24.9. The van der Waals surface area contributed by atoms with Crippen LogP contribution in [0.4, 0.5) is 0 Å². The Labute approximate surface area is 362 Å². The second-order valence-electron chi connectivity index (χ2n) is 16.8. The molecule has 61 heavy (non-hydrogen) atoms. The summed E-state index contributed by atoms with van der Waals surface area (Å²) in [6.07, 6.45) is 5.71. The first-order valence-electron chi connectivity index (χ1n) is 21.3. The first-order valence-corrected chi connectivity index (χ1v) is 21.3. The molecule has 0 fully saturated rings. The Hall–Kier alpha value is -5.23. The Morgan fingerprint density at radius 2 is 1.54 bits per heavy atom. The molecule has 2 rings (SSSR count). The SMILES string of the molecule is C#CCCC[C@@H](O)[C@H](C)[C@H]1C/C=C(/C)C(=O)O[C@H](CC(C)C)C(=O)N[C@@H](C)C(=O)N(C)C(Cc2ccccc2)C(=O)N(C)CC(=O)NC(C(C)CC)C(=O)N(C)[C@@H](C)C(=O)O1. The standard InChI is InChI=1S/C46H69N5O10/c1-13-15-17-22-36(52)31(7)37-24-23-30(6)45(58)61-38(25-28(3)4)41(54)47-32(8)42(55)51(12)35(26-34-20-18-16-19-21-34)43(56)49(10)27-39(53)48-40(29(5)14-2)44(57)50(11)33(9)46(59)60-37/h1,16,18-21,23,28-29,31-33,35-38,40,52H,14-15,17,22,24-27H2,2-12H3,(H,47,54)(H,48,53)/b30-23-/t29?,31-,32-,33-,35?,36+,37+,38+,40?/m0/s1. The monoisotopic (exact) mass is 852 g/mol. The average Bonchev–Trinajstić information content (AvgIpc) is 3.23. The Kier molecular flexibility index (Phi) is 21.2. The quantitative estimate of drug-likeness (QED) is 0.169. The molecule has 1 aliphatic rings. The number of nitrogens with zero attached hydrogens (tertiary/aromatic N) is 3. The van der Waals surface area contributed by atoms with Crippen LogP contribution in [0.2, 0.25) is 0 Å². The molecular weight excluding hydrogens is 783 g/mol. The fraction of sp³-hybridized carbons (Fsp3) is 0.630. The van der Waals surface area contributed by atoms with E-state index in [-0.39, 0.29) is 36.7 Å². The minimum Gasteiger partial charge on any atom is -0.460 e. The van der Waals surface area contributed by atoms with Gasteiger partial charge in [-0.1, -0.05) is 77.4 Å². The summed E-state index contributed by atoms with van der Waals surface area (Å²) in [5.74, 6) is -3.25. The van der Waals surface area contributed by atoms with Crippen molar-refractivity contribution in [3.8, 4) is 12.3 Å². The van der Waals surface area contributed by atoms with Crippen molar-refractivity contribution in [1.29, 1.82) is 0 Å². The van der Waals surface area contributed by atoms with Crippen LogP contribution in [-0.4, -0.2) is 131 Å². The first-order chi connectivity index (χ1) is 28.6. The molecule has 0 bridgehead atoms. The van der Waals surface area contributed by atoms with Gasteiger partial charge in [0, 0.05) is 51.9 Å². The van der Waals surface area contributed by atoms with Crippen LogP contribution in [0.15, 0.2) is 42.0 Å². The molecule has 1 heterocycles. The lowest BCUT2D eigenvalue weighted by Gasteiger charge is -2.34. The van der Waals surface area contributed by atoms with Gasteiger partial charge >= 0.3 is 11.9 Å². The van der Waals surface area contributed by atoms with Gasteiger partial charge < -0.3 is 39.9 Å². The number of hydrogen-bond donors (Lipinski definition) is 3. The molecule has 3 N–H and O–H groups in total. The van der Waals surface area contributed by atoms with Crippen molar-refractivity contribution in [3.63, 3.8) is 0 Å². The number of hydrogen-bond acceptors (Lipinski definition) is 10. The predicted molar refractivity (Wildman–Crippen MR) is 231 cm³/mol. The molecule has 15 heteroatoms. The number of amides is 5. The molecule has 0 aromatic heterocycles. The summed E-state index contributed by atoms with van der Waals surface area (Å²) >= 11 is 0. The fourth-order valence-electron chi connectivity index (χ4n) is 6.85. The van der Waals surface area contributed by atoms with Crippen LogP contribution in [0.25, 0.3) is 0 Å². The van der Waals surface area contributed by atoms with E-state index in [1.165, 1.54) is 62.7 Å². The number of terminal acetylenes is 1. The van der Waals surface area contributed by atoms with Gasteiger partial charge in [-0.15, -0.1) is 12.3 Å². The molecule has 1 aromatic rings. The van der Waals surface area contributed by atoms with Gasteiger partial charge in [0.1, 0.15) is 30.3 Å². The molecule has 5 amide bonds. The summed E-state index contributed by atoms with van der Waals surface area (Å²) in [6, 6.07) is 4.55. The molecule has 1 aliphatic heterocycles. The van der Waals surface area contributed by atoms with Gasteiger partial charge in [-0.05, 0) is 57.4 Å². The second-order valence-corrected chi connectivity index (χ2v) is 16.8. The van der Waals surface area contributed by atoms with Crippen LogP contribution >= 0.6 is 0 Å². The summed E-state index contributed by atoms with van der Waals surface area (Å²) < 4.78 is 11.7. The Bertz CT molecular complexity index is 1740. The van der Waals surface area contributed by atoms with E-state index < -0.39 is 96.4 Å². The van der Waals surface area contributed by atoms with Crippen LogP contribution in [0, 0.1) is 30.1 Å². The highest BCUT2D eigenvalue weighted by Crippen LogP contribution is 2.23. The third-order valence-corrected chi connectivity index (χ3v) is 11.4. The van der Waals surface area contributed by atoms with Crippen LogP contribution in [0.1, 0.15) is 99.5 Å². The topological polar surface area (TPSA) is 192 Å². The fourth-order valence-corrected chi connectivity index (χ4v) is 6.85. The molecule has 0 radical (unpaired) electrons. The smallest absolute Gasteiger partial charge is 0.334 e. The highest BCUT2D eigenvalue weighted by molar-refractivity contribution is 5.96. The summed E-state index contributed by atoms with van der Waals surface area (Å²) in [6.45, 7) is 13.0. The number of unbranched alkanes of at least 4 members (excludes halogenated alkanes) is 1. The minimum atomic E-state index is -1.29. The van der Waals surface area contributed by atoms with E-state index in [0.717, 1.165) is 5.56 Å². The van der Waals surface area contributed by atoms with Crippen LogP contribution < -0.4 is 10.6 Å². The Morgan fingerprint density at radius 3 is 2.13 bits per heavy atom.